The van der Waals surface area contributed by atoms with E-state index in [2.05, 4.69) is 13.8 Å². The highest BCUT2D eigenvalue weighted by Crippen LogP contribution is 2.36. The zero-order valence-corrected chi connectivity index (χ0v) is 17.2. The van der Waals surface area contributed by atoms with Crippen molar-refractivity contribution >= 4 is 29.3 Å². The molecule has 1 aliphatic heterocycles. The van der Waals surface area contributed by atoms with Crippen molar-refractivity contribution in [2.75, 3.05) is 12.0 Å². The molecule has 0 atom stereocenters. The van der Waals surface area contributed by atoms with E-state index in [1.165, 1.54) is 36.3 Å². The number of nitro groups is 1. The van der Waals surface area contributed by atoms with Gasteiger partial charge in [-0.15, -0.1) is 0 Å². The standard InChI is InChI=1S/C23H22N2O5/c1-14(2)17-7-11-18(12-8-17)24-15(3)21(23(27)30-4)20(22(24)26)13-16-5-9-19(10-6-16)25(28)29/h5-14H,1-4H3/b20-13-. The van der Waals surface area contributed by atoms with Crippen LogP contribution in [0.15, 0.2) is 65.4 Å². The Morgan fingerprint density at radius 1 is 1.10 bits per heavy atom. The van der Waals surface area contributed by atoms with Crippen molar-refractivity contribution in [3.63, 3.8) is 0 Å². The van der Waals surface area contributed by atoms with Crippen molar-refractivity contribution in [2.45, 2.75) is 26.7 Å². The van der Waals surface area contributed by atoms with Crippen LogP contribution in [0.1, 0.15) is 37.8 Å². The van der Waals surface area contributed by atoms with E-state index in [9.17, 15) is 19.7 Å². The summed E-state index contributed by atoms with van der Waals surface area (Å²) in [7, 11) is 1.26. The van der Waals surface area contributed by atoms with Gasteiger partial charge in [-0.25, -0.2) is 4.79 Å². The first-order chi connectivity index (χ1) is 14.2. The lowest BCUT2D eigenvalue weighted by Gasteiger charge is -2.19. The Kier molecular flexibility index (Phi) is 5.82. The van der Waals surface area contributed by atoms with E-state index in [0.29, 0.717) is 22.9 Å². The van der Waals surface area contributed by atoms with Crippen molar-refractivity contribution in [1.82, 2.24) is 0 Å². The quantitative estimate of drug-likeness (QED) is 0.313. The molecule has 30 heavy (non-hydrogen) atoms. The van der Waals surface area contributed by atoms with Crippen LogP contribution in [0.3, 0.4) is 0 Å². The van der Waals surface area contributed by atoms with Crippen LogP contribution < -0.4 is 4.90 Å². The number of anilines is 1. The van der Waals surface area contributed by atoms with Gasteiger partial charge in [-0.05, 0) is 54.3 Å². The summed E-state index contributed by atoms with van der Waals surface area (Å²) in [4.78, 5) is 37.5. The molecule has 1 aliphatic rings. The lowest BCUT2D eigenvalue weighted by molar-refractivity contribution is -0.384. The maximum Gasteiger partial charge on any atom is 0.340 e. The monoisotopic (exact) mass is 406 g/mol. The number of esters is 1. The lowest BCUT2D eigenvalue weighted by Crippen LogP contribution is -2.24. The third kappa shape index (κ3) is 3.87. The fourth-order valence-corrected chi connectivity index (χ4v) is 3.36. The van der Waals surface area contributed by atoms with Gasteiger partial charge in [-0.3, -0.25) is 19.8 Å². The van der Waals surface area contributed by atoms with Crippen molar-refractivity contribution in [3.8, 4) is 0 Å². The fourth-order valence-electron chi connectivity index (χ4n) is 3.36. The Balaban J connectivity index is 2.06. The molecule has 1 heterocycles. The zero-order chi connectivity index (χ0) is 22.0. The van der Waals surface area contributed by atoms with Gasteiger partial charge >= 0.3 is 5.97 Å². The first-order valence-corrected chi connectivity index (χ1v) is 9.44. The Hall–Kier alpha value is -3.74. The number of non-ortho nitro benzene ring substituents is 1. The van der Waals surface area contributed by atoms with Gasteiger partial charge < -0.3 is 4.74 Å². The number of carbonyl (C=O) groups is 2. The Morgan fingerprint density at radius 2 is 1.70 bits per heavy atom. The van der Waals surface area contributed by atoms with Crippen LogP contribution in [-0.4, -0.2) is 23.9 Å². The molecule has 0 fully saturated rings. The Morgan fingerprint density at radius 3 is 2.20 bits per heavy atom. The fraction of sp³-hybridized carbons (Fsp3) is 0.217. The van der Waals surface area contributed by atoms with Crippen molar-refractivity contribution in [2.24, 2.45) is 0 Å². The van der Waals surface area contributed by atoms with Gasteiger partial charge in [0.2, 0.25) is 0 Å². The van der Waals surface area contributed by atoms with E-state index in [0.717, 1.165) is 5.56 Å². The van der Waals surface area contributed by atoms with Crippen LogP contribution in [0.2, 0.25) is 0 Å². The number of allylic oxidation sites excluding steroid dienone is 1. The van der Waals surface area contributed by atoms with Gasteiger partial charge in [0, 0.05) is 23.5 Å². The zero-order valence-electron chi connectivity index (χ0n) is 17.2. The topological polar surface area (TPSA) is 89.8 Å². The van der Waals surface area contributed by atoms with E-state index in [-0.39, 0.29) is 22.7 Å². The second-order valence-corrected chi connectivity index (χ2v) is 7.25. The number of benzene rings is 2. The number of amides is 1. The summed E-state index contributed by atoms with van der Waals surface area (Å²) in [6.45, 7) is 5.86. The highest BCUT2D eigenvalue weighted by molar-refractivity contribution is 6.23. The normalized spacial score (nSPS) is 15.3. The van der Waals surface area contributed by atoms with E-state index in [1.807, 2.05) is 24.3 Å². The number of hydrogen-bond donors (Lipinski definition) is 0. The maximum atomic E-state index is 13.2. The number of carbonyl (C=O) groups excluding carboxylic acids is 2. The lowest BCUT2D eigenvalue weighted by atomic mass is 10.0. The predicted molar refractivity (Wildman–Crippen MR) is 114 cm³/mol. The van der Waals surface area contributed by atoms with Gasteiger partial charge in [0.15, 0.2) is 0 Å². The first-order valence-electron chi connectivity index (χ1n) is 9.44. The molecule has 0 saturated heterocycles. The van der Waals surface area contributed by atoms with Gasteiger partial charge in [0.1, 0.15) is 0 Å². The molecule has 0 saturated carbocycles. The Labute approximate surface area is 174 Å². The van der Waals surface area contributed by atoms with E-state index < -0.39 is 10.9 Å². The number of nitrogens with zero attached hydrogens (tertiary/aromatic N) is 2. The van der Waals surface area contributed by atoms with Gasteiger partial charge in [0.25, 0.3) is 11.6 Å². The molecule has 0 bridgehead atoms. The largest absolute Gasteiger partial charge is 0.465 e. The molecule has 7 nitrogen and oxygen atoms in total. The number of methoxy groups -OCH3 is 1. The van der Waals surface area contributed by atoms with Crippen LogP contribution in [0.25, 0.3) is 6.08 Å². The van der Waals surface area contributed by atoms with E-state index in [1.54, 1.807) is 13.0 Å². The Bertz CT molecular complexity index is 1060. The van der Waals surface area contributed by atoms with Gasteiger partial charge in [-0.1, -0.05) is 26.0 Å². The summed E-state index contributed by atoms with van der Waals surface area (Å²) < 4.78 is 4.90. The SMILES string of the molecule is COC(=O)C1=C(C)N(c2ccc(C(C)C)cc2)C(=O)/C1=C\c1ccc([N+](=O)[O-])cc1. The van der Waals surface area contributed by atoms with Crippen molar-refractivity contribution in [3.05, 3.63) is 86.6 Å². The van der Waals surface area contributed by atoms with Crippen molar-refractivity contribution in [1.29, 1.82) is 0 Å². The van der Waals surface area contributed by atoms with Crippen LogP contribution in [0.4, 0.5) is 11.4 Å². The van der Waals surface area contributed by atoms with Crippen LogP contribution >= 0.6 is 0 Å². The average molecular weight is 406 g/mol. The minimum Gasteiger partial charge on any atom is -0.465 e. The van der Waals surface area contributed by atoms with Crippen LogP contribution in [0.5, 0.6) is 0 Å². The summed E-state index contributed by atoms with van der Waals surface area (Å²) in [5, 5.41) is 10.9. The van der Waals surface area contributed by atoms with Gasteiger partial charge in [-0.2, -0.15) is 0 Å². The second-order valence-electron chi connectivity index (χ2n) is 7.25. The number of nitro benzene ring substituents is 1. The van der Waals surface area contributed by atoms with Gasteiger partial charge in [0.05, 0.1) is 23.2 Å². The molecule has 7 heteroatoms. The molecule has 2 aromatic rings. The molecule has 0 aliphatic carbocycles. The smallest absolute Gasteiger partial charge is 0.340 e. The molecule has 1 amide bonds. The van der Waals surface area contributed by atoms with E-state index in [4.69, 9.17) is 4.74 Å². The summed E-state index contributed by atoms with van der Waals surface area (Å²) in [6.07, 6.45) is 1.55. The average Bonchev–Trinajstić information content (AvgIpc) is 2.97. The molecule has 0 aromatic heterocycles. The van der Waals surface area contributed by atoms with Crippen LogP contribution in [0, 0.1) is 10.1 Å². The summed E-state index contributed by atoms with van der Waals surface area (Å²) in [5.74, 6) is -0.618. The molecule has 0 radical (unpaired) electrons. The first kappa shape index (κ1) is 21.0. The van der Waals surface area contributed by atoms with Crippen LogP contribution in [-0.2, 0) is 14.3 Å². The summed E-state index contributed by atoms with van der Waals surface area (Å²) >= 11 is 0. The molecule has 3 rings (SSSR count). The minimum absolute atomic E-state index is 0.0540. The second kappa shape index (κ2) is 8.32. The molecular formula is C23H22N2O5. The predicted octanol–water partition coefficient (Wildman–Crippen LogP) is 4.60. The molecule has 154 valence electrons. The van der Waals surface area contributed by atoms with E-state index >= 15 is 0 Å². The maximum absolute atomic E-state index is 13.2. The third-order valence-corrected chi connectivity index (χ3v) is 5.02. The highest BCUT2D eigenvalue weighted by Gasteiger charge is 2.37. The molecule has 2 aromatic carbocycles. The molecule has 0 unspecified atom stereocenters. The summed E-state index contributed by atoms with van der Waals surface area (Å²) in [6, 6.07) is 13.4. The van der Waals surface area contributed by atoms with Crippen molar-refractivity contribution < 1.29 is 19.2 Å². The summed E-state index contributed by atoms with van der Waals surface area (Å²) in [5.41, 5.74) is 3.13. The molecule has 0 spiro atoms. The number of rotatable bonds is 5. The third-order valence-electron chi connectivity index (χ3n) is 5.02. The number of hydrogen-bond acceptors (Lipinski definition) is 5. The molecule has 0 N–H and O–H groups in total. The minimum atomic E-state index is -0.615. The highest BCUT2D eigenvalue weighted by atomic mass is 16.6. The molecular weight excluding hydrogens is 384 g/mol. The number of ether oxygens (including phenoxy) is 1.